The third-order valence-corrected chi connectivity index (χ3v) is 3.31. The summed E-state index contributed by atoms with van der Waals surface area (Å²) in [4.78, 5) is 2.44. The van der Waals surface area contributed by atoms with E-state index in [1.54, 1.807) is 7.11 Å². The highest BCUT2D eigenvalue weighted by Gasteiger charge is 2.18. The molecular weight excluding hydrogens is 254 g/mol. The van der Waals surface area contributed by atoms with Crippen molar-refractivity contribution in [3.63, 3.8) is 0 Å². The van der Waals surface area contributed by atoms with Gasteiger partial charge in [0.15, 0.2) is 0 Å². The Labute approximate surface area is 116 Å². The maximum absolute atomic E-state index is 5.65. The van der Waals surface area contributed by atoms with Crippen LogP contribution in [0.5, 0.6) is 0 Å². The van der Waals surface area contributed by atoms with Gasteiger partial charge in [-0.25, -0.2) is 0 Å². The molecule has 0 atom stereocenters. The number of piperidine rings is 1. The van der Waals surface area contributed by atoms with E-state index in [0.717, 1.165) is 58.7 Å². The molecule has 1 aliphatic heterocycles. The Balaban J connectivity index is 1.92. The van der Waals surface area contributed by atoms with Gasteiger partial charge >= 0.3 is 0 Å². The Morgan fingerprint density at radius 1 is 1.11 bits per heavy atom. The zero-order chi connectivity index (χ0) is 13.1. The number of nitrogens with zero attached hydrogens (tertiary/aromatic N) is 1. The van der Waals surface area contributed by atoms with Crippen LogP contribution in [0.15, 0.2) is 0 Å². The smallest absolute Gasteiger partial charge is 0.0605 e. The predicted molar refractivity (Wildman–Crippen MR) is 73.4 cm³/mol. The van der Waals surface area contributed by atoms with Gasteiger partial charge in [-0.1, -0.05) is 0 Å². The summed E-state index contributed by atoms with van der Waals surface area (Å²) in [6.07, 6.45) is 3.61. The summed E-state index contributed by atoms with van der Waals surface area (Å²) in [6, 6.07) is 0. The van der Waals surface area contributed by atoms with Crippen molar-refractivity contribution in [1.82, 2.24) is 4.90 Å². The van der Waals surface area contributed by atoms with Crippen molar-refractivity contribution in [3.05, 3.63) is 0 Å². The molecule has 0 bridgehead atoms. The van der Waals surface area contributed by atoms with Gasteiger partial charge in [0.25, 0.3) is 0 Å². The van der Waals surface area contributed by atoms with Crippen LogP contribution in [-0.2, 0) is 14.2 Å². The minimum atomic E-state index is 0.405. The second kappa shape index (κ2) is 11.0. The third kappa shape index (κ3) is 7.54. The number of methoxy groups -OCH3 is 1. The number of rotatable bonds is 10. The van der Waals surface area contributed by atoms with Gasteiger partial charge in [0, 0.05) is 45.8 Å². The number of likely N-dealkylation sites (tertiary alicyclic amines) is 1. The van der Waals surface area contributed by atoms with E-state index >= 15 is 0 Å². The van der Waals surface area contributed by atoms with E-state index in [4.69, 9.17) is 25.8 Å². The summed E-state index contributed by atoms with van der Waals surface area (Å²) in [5.74, 6) is 0.593. The Morgan fingerprint density at radius 2 is 1.89 bits per heavy atom. The van der Waals surface area contributed by atoms with E-state index in [1.165, 1.54) is 0 Å². The van der Waals surface area contributed by atoms with Crippen molar-refractivity contribution in [2.75, 3.05) is 59.1 Å². The van der Waals surface area contributed by atoms with Crippen molar-refractivity contribution in [2.45, 2.75) is 25.4 Å². The molecule has 0 amide bonds. The molecule has 0 radical (unpaired) electrons. The van der Waals surface area contributed by atoms with E-state index in [2.05, 4.69) is 4.90 Å². The molecule has 0 unspecified atom stereocenters. The van der Waals surface area contributed by atoms with Gasteiger partial charge < -0.3 is 19.1 Å². The number of halogens is 1. The summed E-state index contributed by atoms with van der Waals surface area (Å²) in [7, 11) is 1.72. The average molecular weight is 280 g/mol. The zero-order valence-corrected chi connectivity index (χ0v) is 12.2. The minimum absolute atomic E-state index is 0.405. The monoisotopic (exact) mass is 279 g/mol. The first-order chi connectivity index (χ1) is 8.86. The van der Waals surface area contributed by atoms with E-state index < -0.39 is 0 Å². The Bertz CT molecular complexity index is 187. The van der Waals surface area contributed by atoms with Gasteiger partial charge in [-0.3, -0.25) is 0 Å². The molecule has 18 heavy (non-hydrogen) atoms. The first-order valence-electron chi connectivity index (χ1n) is 6.83. The Hall–Kier alpha value is 0.130. The molecule has 1 aliphatic rings. The van der Waals surface area contributed by atoms with Gasteiger partial charge in [-0.2, -0.15) is 0 Å². The number of alkyl halides is 1. The van der Waals surface area contributed by atoms with E-state index in [-0.39, 0.29) is 0 Å². The molecule has 0 N–H and O–H groups in total. The standard InChI is InChI=1S/C13H26ClNO3/c1-16-9-2-10-17-12-8-15-6-3-13(4-7-15)18-11-5-14/h13H,2-12H2,1H3. The lowest BCUT2D eigenvalue weighted by molar-refractivity contribution is 0.00675. The average Bonchev–Trinajstić information content (AvgIpc) is 2.42. The fourth-order valence-electron chi connectivity index (χ4n) is 2.11. The Morgan fingerprint density at radius 3 is 2.56 bits per heavy atom. The third-order valence-electron chi connectivity index (χ3n) is 3.15. The fraction of sp³-hybridized carbons (Fsp3) is 1.00. The van der Waals surface area contributed by atoms with E-state index in [1.807, 2.05) is 0 Å². The lowest BCUT2D eigenvalue weighted by atomic mass is 10.1. The molecule has 0 aromatic rings. The zero-order valence-electron chi connectivity index (χ0n) is 11.4. The maximum atomic E-state index is 5.65. The van der Waals surface area contributed by atoms with Crippen LogP contribution in [0.25, 0.3) is 0 Å². The second-order valence-electron chi connectivity index (χ2n) is 4.56. The molecule has 0 aromatic heterocycles. The van der Waals surface area contributed by atoms with Gasteiger partial charge in [0.05, 0.1) is 19.3 Å². The molecule has 1 rings (SSSR count). The SMILES string of the molecule is COCCCOCCN1CCC(OCCCl)CC1. The normalized spacial score (nSPS) is 18.3. The first-order valence-corrected chi connectivity index (χ1v) is 7.37. The molecule has 1 saturated heterocycles. The molecule has 5 heteroatoms. The van der Waals surface area contributed by atoms with Crippen LogP contribution in [0.4, 0.5) is 0 Å². The van der Waals surface area contributed by atoms with Crippen molar-refractivity contribution in [2.24, 2.45) is 0 Å². The van der Waals surface area contributed by atoms with Crippen molar-refractivity contribution in [1.29, 1.82) is 0 Å². The van der Waals surface area contributed by atoms with Gasteiger partial charge in [0.2, 0.25) is 0 Å². The quantitative estimate of drug-likeness (QED) is 0.450. The summed E-state index contributed by atoms with van der Waals surface area (Å²) in [5, 5.41) is 0. The van der Waals surface area contributed by atoms with Crippen LogP contribution < -0.4 is 0 Å². The van der Waals surface area contributed by atoms with Crippen molar-refractivity contribution < 1.29 is 14.2 Å². The van der Waals surface area contributed by atoms with Crippen LogP contribution >= 0.6 is 11.6 Å². The molecule has 0 spiro atoms. The highest BCUT2D eigenvalue weighted by Crippen LogP contribution is 2.13. The van der Waals surface area contributed by atoms with Crippen LogP contribution in [-0.4, -0.2) is 70.1 Å². The lowest BCUT2D eigenvalue weighted by Crippen LogP contribution is -2.39. The topological polar surface area (TPSA) is 30.9 Å². The summed E-state index contributed by atoms with van der Waals surface area (Å²) in [5.41, 5.74) is 0. The largest absolute Gasteiger partial charge is 0.385 e. The number of hydrogen-bond acceptors (Lipinski definition) is 4. The van der Waals surface area contributed by atoms with E-state index in [9.17, 15) is 0 Å². The van der Waals surface area contributed by atoms with Crippen molar-refractivity contribution >= 4 is 11.6 Å². The van der Waals surface area contributed by atoms with E-state index in [0.29, 0.717) is 18.6 Å². The number of hydrogen-bond donors (Lipinski definition) is 0. The molecule has 1 heterocycles. The van der Waals surface area contributed by atoms with Crippen LogP contribution in [0, 0.1) is 0 Å². The molecular formula is C13H26ClNO3. The highest BCUT2D eigenvalue weighted by molar-refractivity contribution is 6.17. The molecule has 108 valence electrons. The lowest BCUT2D eigenvalue weighted by Gasteiger charge is -2.31. The summed E-state index contributed by atoms with van der Waals surface area (Å²) >= 11 is 5.61. The van der Waals surface area contributed by atoms with Crippen LogP contribution in [0.2, 0.25) is 0 Å². The van der Waals surface area contributed by atoms with Crippen LogP contribution in [0.1, 0.15) is 19.3 Å². The fourth-order valence-corrected chi connectivity index (χ4v) is 2.20. The molecule has 0 aromatic carbocycles. The second-order valence-corrected chi connectivity index (χ2v) is 4.94. The minimum Gasteiger partial charge on any atom is -0.385 e. The van der Waals surface area contributed by atoms with Gasteiger partial charge in [0.1, 0.15) is 0 Å². The van der Waals surface area contributed by atoms with Gasteiger partial charge in [-0.05, 0) is 19.3 Å². The predicted octanol–water partition coefficient (Wildman–Crippen LogP) is 1.76. The highest BCUT2D eigenvalue weighted by atomic mass is 35.5. The summed E-state index contributed by atoms with van der Waals surface area (Å²) in [6.45, 7) is 6.30. The van der Waals surface area contributed by atoms with Gasteiger partial charge in [-0.15, -0.1) is 11.6 Å². The maximum Gasteiger partial charge on any atom is 0.0605 e. The van der Waals surface area contributed by atoms with Crippen LogP contribution in [0.3, 0.4) is 0 Å². The molecule has 0 saturated carbocycles. The first kappa shape index (κ1) is 16.2. The van der Waals surface area contributed by atoms with Crippen molar-refractivity contribution in [3.8, 4) is 0 Å². The molecule has 1 fully saturated rings. The Kier molecular flexibility index (Phi) is 9.89. The molecule has 0 aliphatic carbocycles. The number of ether oxygens (including phenoxy) is 3. The summed E-state index contributed by atoms with van der Waals surface area (Å²) < 4.78 is 16.2. The molecule has 4 nitrogen and oxygen atoms in total.